The first-order valence-corrected chi connectivity index (χ1v) is 8.76. The topological polar surface area (TPSA) is 72.3 Å². The third kappa shape index (κ3) is 4.19. The zero-order valence-electron chi connectivity index (χ0n) is 15.2. The van der Waals surface area contributed by atoms with Crippen molar-refractivity contribution in [3.8, 4) is 6.07 Å². The third-order valence-electron chi connectivity index (χ3n) is 4.71. The number of anilines is 2. The highest BCUT2D eigenvalue weighted by molar-refractivity contribution is 5.93. The Morgan fingerprint density at radius 2 is 1.85 bits per heavy atom. The number of nitrogens with zero attached hydrogens (tertiary/aromatic N) is 4. The van der Waals surface area contributed by atoms with E-state index in [-0.39, 0.29) is 5.91 Å². The average Bonchev–Trinajstić information content (AvgIpc) is 2.66. The predicted octanol–water partition coefficient (Wildman–Crippen LogP) is 2.33. The highest BCUT2D eigenvalue weighted by atomic mass is 16.2. The summed E-state index contributed by atoms with van der Waals surface area (Å²) in [6.07, 6.45) is 1.74. The molecule has 0 spiro atoms. The molecule has 2 aromatic rings. The van der Waals surface area contributed by atoms with Gasteiger partial charge in [0.05, 0.1) is 18.4 Å². The SMILES string of the molecule is Cc1cccc(C)c1NC(=O)CN1CCN(c2ccc(C#N)nc2)CC1. The van der Waals surface area contributed by atoms with Crippen LogP contribution in [0.1, 0.15) is 16.8 Å². The number of benzene rings is 1. The molecule has 1 amide bonds. The normalized spacial score (nSPS) is 14.7. The standard InChI is InChI=1S/C20H23N5O/c1-15-4-3-5-16(2)20(15)23-19(26)14-24-8-10-25(11-9-24)18-7-6-17(12-21)22-13-18/h3-7,13H,8-11,14H2,1-2H3,(H,23,26). The van der Waals surface area contributed by atoms with Crippen LogP contribution in [-0.2, 0) is 4.79 Å². The van der Waals surface area contributed by atoms with Crippen molar-refractivity contribution in [1.29, 1.82) is 5.26 Å². The molecule has 0 saturated carbocycles. The van der Waals surface area contributed by atoms with E-state index in [4.69, 9.17) is 5.26 Å². The Morgan fingerprint density at radius 1 is 1.15 bits per heavy atom. The van der Waals surface area contributed by atoms with Crippen molar-refractivity contribution in [2.24, 2.45) is 0 Å². The van der Waals surface area contributed by atoms with Crippen molar-refractivity contribution >= 4 is 17.3 Å². The van der Waals surface area contributed by atoms with Gasteiger partial charge in [-0.05, 0) is 37.1 Å². The minimum absolute atomic E-state index is 0.0240. The quantitative estimate of drug-likeness (QED) is 0.917. The number of aromatic nitrogens is 1. The summed E-state index contributed by atoms with van der Waals surface area (Å²) in [7, 11) is 0. The van der Waals surface area contributed by atoms with Gasteiger partial charge in [-0.25, -0.2) is 4.98 Å². The van der Waals surface area contributed by atoms with Crippen LogP contribution in [0, 0.1) is 25.2 Å². The maximum absolute atomic E-state index is 12.4. The van der Waals surface area contributed by atoms with E-state index in [9.17, 15) is 4.79 Å². The highest BCUT2D eigenvalue weighted by Crippen LogP contribution is 2.20. The lowest BCUT2D eigenvalue weighted by atomic mass is 10.1. The van der Waals surface area contributed by atoms with Gasteiger partial charge in [0.15, 0.2) is 0 Å². The number of rotatable bonds is 4. The Bertz CT molecular complexity index is 797. The minimum atomic E-state index is 0.0240. The maximum Gasteiger partial charge on any atom is 0.238 e. The van der Waals surface area contributed by atoms with Gasteiger partial charge in [0.25, 0.3) is 0 Å². The molecular formula is C20H23N5O. The Labute approximate surface area is 154 Å². The Balaban J connectivity index is 1.52. The van der Waals surface area contributed by atoms with Gasteiger partial charge < -0.3 is 10.2 Å². The fourth-order valence-electron chi connectivity index (χ4n) is 3.20. The summed E-state index contributed by atoms with van der Waals surface area (Å²) < 4.78 is 0. The average molecular weight is 349 g/mol. The van der Waals surface area contributed by atoms with Crippen LogP contribution >= 0.6 is 0 Å². The third-order valence-corrected chi connectivity index (χ3v) is 4.71. The number of nitrogens with one attached hydrogen (secondary N) is 1. The summed E-state index contributed by atoms with van der Waals surface area (Å²) in [6.45, 7) is 7.72. The van der Waals surface area contributed by atoms with E-state index in [0.717, 1.165) is 48.7 Å². The molecule has 1 fully saturated rings. The number of carbonyl (C=O) groups is 1. The van der Waals surface area contributed by atoms with Gasteiger partial charge in [0.1, 0.15) is 11.8 Å². The molecule has 1 aliphatic heterocycles. The van der Waals surface area contributed by atoms with E-state index in [1.165, 1.54) is 0 Å². The molecule has 0 bridgehead atoms. The molecule has 1 aromatic heterocycles. The molecule has 1 aliphatic rings. The zero-order chi connectivity index (χ0) is 18.5. The predicted molar refractivity (Wildman–Crippen MR) is 102 cm³/mol. The Morgan fingerprint density at radius 3 is 2.42 bits per heavy atom. The lowest BCUT2D eigenvalue weighted by Gasteiger charge is -2.35. The fourth-order valence-corrected chi connectivity index (χ4v) is 3.20. The Kier molecular flexibility index (Phi) is 5.49. The summed E-state index contributed by atoms with van der Waals surface area (Å²) in [5.74, 6) is 0.0240. The summed E-state index contributed by atoms with van der Waals surface area (Å²) in [5, 5.41) is 11.9. The second-order valence-electron chi connectivity index (χ2n) is 6.59. The molecule has 0 atom stereocenters. The number of carbonyl (C=O) groups excluding carboxylic acids is 1. The summed E-state index contributed by atoms with van der Waals surface area (Å²) in [5.41, 5.74) is 4.52. The van der Waals surface area contributed by atoms with Crippen LogP contribution in [0.4, 0.5) is 11.4 Å². The zero-order valence-corrected chi connectivity index (χ0v) is 15.2. The lowest BCUT2D eigenvalue weighted by Crippen LogP contribution is -2.48. The van der Waals surface area contributed by atoms with Gasteiger partial charge in [-0.3, -0.25) is 9.69 Å². The van der Waals surface area contributed by atoms with Crippen molar-refractivity contribution in [2.45, 2.75) is 13.8 Å². The van der Waals surface area contributed by atoms with E-state index >= 15 is 0 Å². The van der Waals surface area contributed by atoms with E-state index in [1.807, 2.05) is 44.2 Å². The maximum atomic E-state index is 12.4. The first kappa shape index (κ1) is 17.9. The molecule has 3 rings (SSSR count). The molecule has 1 saturated heterocycles. The molecule has 134 valence electrons. The number of pyridine rings is 1. The van der Waals surface area contributed by atoms with E-state index < -0.39 is 0 Å². The summed E-state index contributed by atoms with van der Waals surface area (Å²) >= 11 is 0. The summed E-state index contributed by atoms with van der Waals surface area (Å²) in [4.78, 5) is 20.9. The van der Waals surface area contributed by atoms with Crippen molar-refractivity contribution in [3.05, 3.63) is 53.3 Å². The summed E-state index contributed by atoms with van der Waals surface area (Å²) in [6, 6.07) is 11.7. The molecule has 1 aromatic carbocycles. The van der Waals surface area contributed by atoms with Crippen molar-refractivity contribution in [2.75, 3.05) is 42.9 Å². The fraction of sp³-hybridized carbons (Fsp3) is 0.350. The van der Waals surface area contributed by atoms with Gasteiger partial charge in [0, 0.05) is 31.9 Å². The van der Waals surface area contributed by atoms with Crippen LogP contribution in [0.25, 0.3) is 0 Å². The number of nitriles is 1. The number of hydrogen-bond donors (Lipinski definition) is 1. The van der Waals surface area contributed by atoms with Gasteiger partial charge in [-0.1, -0.05) is 18.2 Å². The molecule has 2 heterocycles. The molecule has 6 nitrogen and oxygen atoms in total. The minimum Gasteiger partial charge on any atom is -0.368 e. The molecule has 0 radical (unpaired) electrons. The van der Waals surface area contributed by atoms with Crippen molar-refractivity contribution in [1.82, 2.24) is 9.88 Å². The monoisotopic (exact) mass is 349 g/mol. The molecule has 0 aliphatic carbocycles. The molecule has 6 heteroatoms. The molecule has 1 N–H and O–H groups in total. The van der Waals surface area contributed by atoms with Crippen LogP contribution in [0.5, 0.6) is 0 Å². The van der Waals surface area contributed by atoms with Gasteiger partial charge in [-0.15, -0.1) is 0 Å². The number of hydrogen-bond acceptors (Lipinski definition) is 5. The van der Waals surface area contributed by atoms with Crippen LogP contribution in [0.3, 0.4) is 0 Å². The lowest BCUT2D eigenvalue weighted by molar-refractivity contribution is -0.117. The number of amides is 1. The number of aryl methyl sites for hydroxylation is 2. The molecular weight excluding hydrogens is 326 g/mol. The first-order chi connectivity index (χ1) is 12.6. The highest BCUT2D eigenvalue weighted by Gasteiger charge is 2.20. The van der Waals surface area contributed by atoms with Crippen LogP contribution in [0.15, 0.2) is 36.5 Å². The van der Waals surface area contributed by atoms with E-state index in [0.29, 0.717) is 12.2 Å². The van der Waals surface area contributed by atoms with Gasteiger partial charge in [0.2, 0.25) is 5.91 Å². The van der Waals surface area contributed by atoms with Crippen molar-refractivity contribution in [3.63, 3.8) is 0 Å². The largest absolute Gasteiger partial charge is 0.368 e. The molecule has 26 heavy (non-hydrogen) atoms. The van der Waals surface area contributed by atoms with E-state index in [1.54, 1.807) is 12.3 Å². The van der Waals surface area contributed by atoms with Gasteiger partial charge in [-0.2, -0.15) is 5.26 Å². The second kappa shape index (κ2) is 7.98. The van der Waals surface area contributed by atoms with Crippen molar-refractivity contribution < 1.29 is 4.79 Å². The number of para-hydroxylation sites is 1. The molecule has 0 unspecified atom stereocenters. The van der Waals surface area contributed by atoms with Crippen LogP contribution < -0.4 is 10.2 Å². The van der Waals surface area contributed by atoms with Crippen LogP contribution in [-0.4, -0.2) is 48.5 Å². The Hall–Kier alpha value is -2.91. The van der Waals surface area contributed by atoms with Crippen LogP contribution in [0.2, 0.25) is 0 Å². The van der Waals surface area contributed by atoms with Gasteiger partial charge >= 0.3 is 0 Å². The first-order valence-electron chi connectivity index (χ1n) is 8.76. The van der Waals surface area contributed by atoms with E-state index in [2.05, 4.69) is 20.1 Å². The second-order valence-corrected chi connectivity index (χ2v) is 6.59. The number of piperazine rings is 1. The smallest absolute Gasteiger partial charge is 0.238 e.